The molecule has 0 aliphatic heterocycles. The molecule has 1 heterocycles. The maximum atomic E-state index is 11.6. The van der Waals surface area contributed by atoms with Gasteiger partial charge < -0.3 is 9.73 Å². The van der Waals surface area contributed by atoms with Gasteiger partial charge in [0.15, 0.2) is 0 Å². The Labute approximate surface area is 96.3 Å². The number of rotatable bonds is 5. The molecule has 0 amide bonds. The van der Waals surface area contributed by atoms with E-state index in [1.165, 1.54) is 7.05 Å². The van der Waals surface area contributed by atoms with Crippen molar-refractivity contribution in [2.45, 2.75) is 38.3 Å². The minimum absolute atomic E-state index is 0.204. The highest BCUT2D eigenvalue weighted by Crippen LogP contribution is 2.19. The molecule has 1 rings (SSSR count). The van der Waals surface area contributed by atoms with Gasteiger partial charge in [0.2, 0.25) is 10.0 Å². The van der Waals surface area contributed by atoms with E-state index >= 15 is 0 Å². The Hall–Kier alpha value is -0.850. The van der Waals surface area contributed by atoms with E-state index in [9.17, 15) is 8.42 Å². The van der Waals surface area contributed by atoms with Gasteiger partial charge in [-0.1, -0.05) is 13.8 Å². The zero-order valence-corrected chi connectivity index (χ0v) is 10.8. The maximum Gasteiger partial charge on any atom is 0.243 e. The lowest BCUT2D eigenvalue weighted by Gasteiger charge is -2.04. The molecule has 0 aliphatic rings. The second kappa shape index (κ2) is 4.99. The molecule has 16 heavy (non-hydrogen) atoms. The number of hydrogen-bond acceptors (Lipinski definition) is 4. The minimum Gasteiger partial charge on any atom is -0.464 e. The zero-order chi connectivity index (χ0) is 12.3. The SMILES string of the molecule is CNS(=O)(=O)c1cc(CNC(C)C)oc1C. The number of nitrogens with one attached hydrogen (secondary N) is 2. The predicted molar refractivity (Wildman–Crippen MR) is 61.7 cm³/mol. The molecule has 0 radical (unpaired) electrons. The molecule has 0 fully saturated rings. The summed E-state index contributed by atoms with van der Waals surface area (Å²) in [6.45, 7) is 6.20. The number of aryl methyl sites for hydroxylation is 1. The average molecular weight is 246 g/mol. The van der Waals surface area contributed by atoms with Crippen molar-refractivity contribution >= 4 is 10.0 Å². The summed E-state index contributed by atoms with van der Waals surface area (Å²) < 4.78 is 30.8. The molecule has 0 aliphatic carbocycles. The Morgan fingerprint density at radius 3 is 2.56 bits per heavy atom. The van der Waals surface area contributed by atoms with Crippen LogP contribution in [0.3, 0.4) is 0 Å². The molecule has 0 aromatic carbocycles. The lowest BCUT2D eigenvalue weighted by molar-refractivity contribution is 0.444. The van der Waals surface area contributed by atoms with Crippen LogP contribution in [0.2, 0.25) is 0 Å². The molecule has 0 bridgehead atoms. The first-order valence-electron chi connectivity index (χ1n) is 5.13. The smallest absolute Gasteiger partial charge is 0.243 e. The van der Waals surface area contributed by atoms with Crippen LogP contribution in [0.1, 0.15) is 25.4 Å². The van der Waals surface area contributed by atoms with Crippen LogP contribution in [-0.4, -0.2) is 21.5 Å². The summed E-state index contributed by atoms with van der Waals surface area (Å²) in [5, 5.41) is 3.16. The van der Waals surface area contributed by atoms with Crippen molar-refractivity contribution in [3.8, 4) is 0 Å². The Balaban J connectivity index is 2.91. The lowest BCUT2D eigenvalue weighted by atomic mass is 10.3. The van der Waals surface area contributed by atoms with E-state index in [4.69, 9.17) is 4.42 Å². The van der Waals surface area contributed by atoms with Gasteiger partial charge in [-0.2, -0.15) is 0 Å². The molecular weight excluding hydrogens is 228 g/mol. The molecule has 0 spiro atoms. The standard InChI is InChI=1S/C10H18N2O3S/c1-7(2)12-6-9-5-10(8(3)15-9)16(13,14)11-4/h5,7,11-12H,6H2,1-4H3. The third kappa shape index (κ3) is 3.07. The van der Waals surface area contributed by atoms with Crippen molar-refractivity contribution < 1.29 is 12.8 Å². The van der Waals surface area contributed by atoms with Gasteiger partial charge in [-0.15, -0.1) is 0 Å². The predicted octanol–water partition coefficient (Wildman–Crippen LogP) is 0.994. The van der Waals surface area contributed by atoms with Crippen molar-refractivity contribution in [1.29, 1.82) is 0 Å². The second-order valence-corrected chi connectivity index (χ2v) is 5.73. The van der Waals surface area contributed by atoms with Crippen LogP contribution in [-0.2, 0) is 16.6 Å². The van der Waals surface area contributed by atoms with Crippen LogP contribution in [0.25, 0.3) is 0 Å². The van der Waals surface area contributed by atoms with Gasteiger partial charge in [-0.25, -0.2) is 13.1 Å². The van der Waals surface area contributed by atoms with Crippen LogP contribution >= 0.6 is 0 Å². The van der Waals surface area contributed by atoms with Crippen molar-refractivity contribution in [3.63, 3.8) is 0 Å². The average Bonchev–Trinajstić information content (AvgIpc) is 2.57. The van der Waals surface area contributed by atoms with E-state index in [1.807, 2.05) is 13.8 Å². The van der Waals surface area contributed by atoms with E-state index in [0.29, 0.717) is 24.1 Å². The van der Waals surface area contributed by atoms with E-state index in [0.717, 1.165) is 0 Å². The molecule has 0 saturated carbocycles. The first-order valence-corrected chi connectivity index (χ1v) is 6.61. The molecule has 2 N–H and O–H groups in total. The Kier molecular flexibility index (Phi) is 4.12. The molecule has 5 nitrogen and oxygen atoms in total. The van der Waals surface area contributed by atoms with E-state index in [-0.39, 0.29) is 4.90 Å². The van der Waals surface area contributed by atoms with Crippen LogP contribution in [0.15, 0.2) is 15.4 Å². The summed E-state index contributed by atoms with van der Waals surface area (Å²) >= 11 is 0. The molecule has 92 valence electrons. The van der Waals surface area contributed by atoms with Crippen molar-refractivity contribution in [2.24, 2.45) is 0 Å². The molecule has 1 aromatic heterocycles. The third-order valence-corrected chi connectivity index (χ3v) is 3.69. The van der Waals surface area contributed by atoms with E-state index in [2.05, 4.69) is 10.0 Å². The van der Waals surface area contributed by atoms with Crippen molar-refractivity contribution in [1.82, 2.24) is 10.0 Å². The molecule has 0 saturated heterocycles. The van der Waals surface area contributed by atoms with Gasteiger partial charge in [-0.05, 0) is 14.0 Å². The van der Waals surface area contributed by atoms with E-state index in [1.54, 1.807) is 13.0 Å². The Morgan fingerprint density at radius 2 is 2.06 bits per heavy atom. The van der Waals surface area contributed by atoms with Crippen LogP contribution < -0.4 is 10.0 Å². The van der Waals surface area contributed by atoms with Crippen LogP contribution in [0.5, 0.6) is 0 Å². The van der Waals surface area contributed by atoms with Crippen molar-refractivity contribution in [3.05, 3.63) is 17.6 Å². The number of hydrogen-bond donors (Lipinski definition) is 2. The van der Waals surface area contributed by atoms with Crippen molar-refractivity contribution in [2.75, 3.05) is 7.05 Å². The third-order valence-electron chi connectivity index (χ3n) is 2.17. The highest BCUT2D eigenvalue weighted by Gasteiger charge is 2.19. The molecular formula is C10H18N2O3S. The van der Waals surface area contributed by atoms with Gasteiger partial charge >= 0.3 is 0 Å². The van der Waals surface area contributed by atoms with Gasteiger partial charge in [0.05, 0.1) is 6.54 Å². The summed E-state index contributed by atoms with van der Waals surface area (Å²) in [6, 6.07) is 1.88. The molecule has 6 heteroatoms. The summed E-state index contributed by atoms with van der Waals surface area (Å²) in [5.74, 6) is 1.04. The zero-order valence-electron chi connectivity index (χ0n) is 9.99. The van der Waals surface area contributed by atoms with E-state index < -0.39 is 10.0 Å². The minimum atomic E-state index is -3.42. The van der Waals surface area contributed by atoms with Crippen LogP contribution in [0.4, 0.5) is 0 Å². The van der Waals surface area contributed by atoms with Gasteiger partial charge in [-0.3, -0.25) is 0 Å². The highest BCUT2D eigenvalue weighted by atomic mass is 32.2. The van der Waals surface area contributed by atoms with Gasteiger partial charge in [0, 0.05) is 12.1 Å². The lowest BCUT2D eigenvalue weighted by Crippen LogP contribution is -2.21. The number of sulfonamides is 1. The first-order chi connectivity index (χ1) is 7.36. The molecule has 0 unspecified atom stereocenters. The topological polar surface area (TPSA) is 71.3 Å². The fraction of sp³-hybridized carbons (Fsp3) is 0.600. The molecule has 1 aromatic rings. The fourth-order valence-electron chi connectivity index (χ4n) is 1.29. The summed E-state index contributed by atoms with van der Waals surface area (Å²) in [6.07, 6.45) is 0. The fourth-order valence-corrected chi connectivity index (χ4v) is 2.22. The van der Waals surface area contributed by atoms with Crippen LogP contribution in [0, 0.1) is 6.92 Å². The summed E-state index contributed by atoms with van der Waals surface area (Å²) in [7, 11) is -2.04. The normalized spacial score (nSPS) is 12.3. The summed E-state index contributed by atoms with van der Waals surface area (Å²) in [4.78, 5) is 0.204. The summed E-state index contributed by atoms with van der Waals surface area (Å²) in [5.41, 5.74) is 0. The monoisotopic (exact) mass is 246 g/mol. The highest BCUT2D eigenvalue weighted by molar-refractivity contribution is 7.89. The maximum absolute atomic E-state index is 11.6. The van der Waals surface area contributed by atoms with Gasteiger partial charge in [0.1, 0.15) is 16.4 Å². The molecule has 0 atom stereocenters. The quantitative estimate of drug-likeness (QED) is 0.813. The first kappa shape index (κ1) is 13.2. The Morgan fingerprint density at radius 1 is 1.44 bits per heavy atom. The second-order valence-electron chi connectivity index (χ2n) is 3.88. The Bertz CT molecular complexity index is 449. The largest absolute Gasteiger partial charge is 0.464 e. The van der Waals surface area contributed by atoms with Gasteiger partial charge in [0.25, 0.3) is 0 Å². The number of furan rings is 1.